The molecule has 3 aliphatic rings. The molecule has 2 aliphatic heterocycles. The van der Waals surface area contributed by atoms with Crippen LogP contribution in [0.4, 0.5) is 4.79 Å². The summed E-state index contributed by atoms with van der Waals surface area (Å²) < 4.78 is 4.99. The third-order valence-electron chi connectivity index (χ3n) is 6.36. The van der Waals surface area contributed by atoms with E-state index in [0.29, 0.717) is 25.4 Å². The van der Waals surface area contributed by atoms with Crippen molar-refractivity contribution in [2.45, 2.75) is 51.0 Å². The Kier molecular flexibility index (Phi) is 3.97. The van der Waals surface area contributed by atoms with E-state index in [2.05, 4.69) is 37.4 Å². The minimum Gasteiger partial charge on any atom is -0.447 e. The number of nitrogens with one attached hydrogen (secondary N) is 1. The Bertz CT molecular complexity index is 701. The minimum atomic E-state index is -0.347. The topological polar surface area (TPSA) is 58.6 Å². The van der Waals surface area contributed by atoms with Crippen molar-refractivity contribution >= 4 is 12.0 Å². The van der Waals surface area contributed by atoms with E-state index in [4.69, 9.17) is 4.74 Å². The molecule has 2 saturated heterocycles. The number of carbonyl (C=O) groups is 2. The van der Waals surface area contributed by atoms with E-state index in [0.717, 1.165) is 25.9 Å². The summed E-state index contributed by atoms with van der Waals surface area (Å²) in [7, 11) is 0. The average Bonchev–Trinajstić information content (AvgIpc) is 2.98. The summed E-state index contributed by atoms with van der Waals surface area (Å²) in [5, 5.41) is 2.86. The molecule has 1 aliphatic carbocycles. The maximum atomic E-state index is 12.7. The van der Waals surface area contributed by atoms with Gasteiger partial charge >= 0.3 is 6.09 Å². The molecular weight excluding hydrogens is 316 g/mol. The van der Waals surface area contributed by atoms with Gasteiger partial charge in [0.25, 0.3) is 0 Å². The number of hydrogen-bond acceptors (Lipinski definition) is 3. The lowest BCUT2D eigenvalue weighted by Gasteiger charge is -2.45. The molecule has 0 radical (unpaired) electrons. The Morgan fingerprint density at radius 1 is 1.24 bits per heavy atom. The van der Waals surface area contributed by atoms with Crippen LogP contribution in [0, 0.1) is 19.8 Å². The molecule has 5 nitrogen and oxygen atoms in total. The molecule has 0 unspecified atom stereocenters. The van der Waals surface area contributed by atoms with Gasteiger partial charge in [-0.1, -0.05) is 18.2 Å². The van der Waals surface area contributed by atoms with E-state index in [1.165, 1.54) is 16.7 Å². The van der Waals surface area contributed by atoms with Crippen molar-refractivity contribution in [1.82, 2.24) is 10.2 Å². The van der Waals surface area contributed by atoms with Gasteiger partial charge in [-0.25, -0.2) is 4.79 Å². The van der Waals surface area contributed by atoms with Crippen LogP contribution in [0.2, 0.25) is 0 Å². The van der Waals surface area contributed by atoms with Gasteiger partial charge in [0.05, 0.1) is 5.54 Å². The first-order valence-corrected chi connectivity index (χ1v) is 9.27. The van der Waals surface area contributed by atoms with E-state index in [9.17, 15) is 9.59 Å². The number of alkyl carbamates (subject to hydrolysis) is 1. The molecule has 134 valence electrons. The Hall–Kier alpha value is -2.04. The summed E-state index contributed by atoms with van der Waals surface area (Å²) >= 11 is 0. The van der Waals surface area contributed by atoms with Crippen molar-refractivity contribution in [3.8, 4) is 0 Å². The Morgan fingerprint density at radius 2 is 1.96 bits per heavy atom. The van der Waals surface area contributed by atoms with Gasteiger partial charge in [-0.05, 0) is 62.1 Å². The lowest BCUT2D eigenvalue weighted by Crippen LogP contribution is -2.58. The molecule has 0 aromatic heterocycles. The Morgan fingerprint density at radius 3 is 2.60 bits per heavy atom. The lowest BCUT2D eigenvalue weighted by atomic mass is 9.68. The van der Waals surface area contributed by atoms with Crippen molar-refractivity contribution in [1.29, 1.82) is 0 Å². The molecule has 4 rings (SSSR count). The molecule has 0 atom stereocenters. The molecule has 1 N–H and O–H groups in total. The molecule has 2 amide bonds. The standard InChI is InChI=1S/C20H26N2O3/c1-13-4-3-5-17(14(13)2)15-6-8-22(9-7-15)18(23)16-10-20(11-16)12-25-19(24)21-20/h3-5,15-16H,6-12H2,1-2H3,(H,21,24). The van der Waals surface area contributed by atoms with E-state index in [1.807, 2.05) is 4.90 Å². The SMILES string of the molecule is Cc1cccc(C2CCN(C(=O)C3CC4(COC(=O)N4)C3)CC2)c1C. The lowest BCUT2D eigenvalue weighted by molar-refractivity contribution is -0.142. The monoisotopic (exact) mass is 342 g/mol. The summed E-state index contributed by atoms with van der Waals surface area (Å²) in [5.41, 5.74) is 3.91. The predicted molar refractivity (Wildman–Crippen MR) is 94.4 cm³/mol. The number of nitrogens with zero attached hydrogens (tertiary/aromatic N) is 1. The zero-order chi connectivity index (χ0) is 17.6. The Labute approximate surface area is 148 Å². The third kappa shape index (κ3) is 2.90. The smallest absolute Gasteiger partial charge is 0.407 e. The first-order chi connectivity index (χ1) is 12.0. The summed E-state index contributed by atoms with van der Waals surface area (Å²) in [4.78, 5) is 26.0. The van der Waals surface area contributed by atoms with Crippen LogP contribution in [0.3, 0.4) is 0 Å². The first-order valence-electron chi connectivity index (χ1n) is 9.27. The largest absolute Gasteiger partial charge is 0.447 e. The molecule has 5 heteroatoms. The quantitative estimate of drug-likeness (QED) is 0.899. The van der Waals surface area contributed by atoms with Crippen LogP contribution in [0.1, 0.15) is 48.3 Å². The van der Waals surface area contributed by atoms with Crippen LogP contribution in [0.5, 0.6) is 0 Å². The summed E-state index contributed by atoms with van der Waals surface area (Å²) in [6.45, 7) is 6.44. The van der Waals surface area contributed by atoms with E-state index in [-0.39, 0.29) is 23.5 Å². The first kappa shape index (κ1) is 16.4. The van der Waals surface area contributed by atoms with Gasteiger partial charge in [0.2, 0.25) is 5.91 Å². The van der Waals surface area contributed by atoms with Gasteiger partial charge in [0.1, 0.15) is 6.61 Å². The summed E-state index contributed by atoms with van der Waals surface area (Å²) in [6, 6.07) is 6.54. The highest BCUT2D eigenvalue weighted by Gasteiger charge is 2.53. The third-order valence-corrected chi connectivity index (χ3v) is 6.36. The molecular formula is C20H26N2O3. The molecule has 1 aromatic carbocycles. The minimum absolute atomic E-state index is 0.0410. The van der Waals surface area contributed by atoms with E-state index < -0.39 is 0 Å². The fraction of sp³-hybridized carbons (Fsp3) is 0.600. The van der Waals surface area contributed by atoms with Crippen LogP contribution in [0.25, 0.3) is 0 Å². The van der Waals surface area contributed by atoms with Crippen molar-refractivity contribution in [2.24, 2.45) is 5.92 Å². The highest BCUT2D eigenvalue weighted by Crippen LogP contribution is 2.42. The number of carbonyl (C=O) groups excluding carboxylic acids is 2. The van der Waals surface area contributed by atoms with Crippen molar-refractivity contribution in [2.75, 3.05) is 19.7 Å². The molecule has 3 fully saturated rings. The highest BCUT2D eigenvalue weighted by molar-refractivity contribution is 5.81. The number of benzene rings is 1. The van der Waals surface area contributed by atoms with Crippen LogP contribution >= 0.6 is 0 Å². The summed E-state index contributed by atoms with van der Waals surface area (Å²) in [6.07, 6.45) is 3.16. The molecule has 0 bridgehead atoms. The van der Waals surface area contributed by atoms with Crippen LogP contribution < -0.4 is 5.32 Å². The highest BCUT2D eigenvalue weighted by atomic mass is 16.6. The van der Waals surface area contributed by atoms with Gasteiger partial charge in [-0.2, -0.15) is 0 Å². The zero-order valence-electron chi connectivity index (χ0n) is 15.0. The number of aryl methyl sites for hydroxylation is 1. The van der Waals surface area contributed by atoms with Gasteiger partial charge in [-0.15, -0.1) is 0 Å². The fourth-order valence-corrected chi connectivity index (χ4v) is 4.66. The van der Waals surface area contributed by atoms with Gasteiger partial charge in [0.15, 0.2) is 0 Å². The van der Waals surface area contributed by atoms with E-state index >= 15 is 0 Å². The van der Waals surface area contributed by atoms with Crippen molar-refractivity contribution < 1.29 is 14.3 Å². The molecule has 1 saturated carbocycles. The summed E-state index contributed by atoms with van der Waals surface area (Å²) in [5.74, 6) is 0.852. The van der Waals surface area contributed by atoms with Crippen molar-refractivity contribution in [3.05, 3.63) is 34.9 Å². The number of likely N-dealkylation sites (tertiary alicyclic amines) is 1. The average molecular weight is 342 g/mol. The zero-order valence-corrected chi connectivity index (χ0v) is 15.0. The predicted octanol–water partition coefficient (Wildman–Crippen LogP) is 2.90. The van der Waals surface area contributed by atoms with Gasteiger partial charge < -0.3 is 15.0 Å². The van der Waals surface area contributed by atoms with Crippen LogP contribution in [0.15, 0.2) is 18.2 Å². The van der Waals surface area contributed by atoms with Crippen molar-refractivity contribution in [3.63, 3.8) is 0 Å². The molecule has 1 aromatic rings. The molecule has 1 spiro atoms. The number of amides is 2. The molecule has 2 heterocycles. The van der Waals surface area contributed by atoms with Crippen LogP contribution in [-0.2, 0) is 9.53 Å². The van der Waals surface area contributed by atoms with E-state index in [1.54, 1.807) is 0 Å². The molecule has 25 heavy (non-hydrogen) atoms. The Balaban J connectivity index is 1.32. The second kappa shape index (κ2) is 6.04. The number of piperidine rings is 1. The maximum absolute atomic E-state index is 12.7. The number of rotatable bonds is 2. The van der Waals surface area contributed by atoms with Gasteiger partial charge in [0, 0.05) is 19.0 Å². The maximum Gasteiger partial charge on any atom is 0.407 e. The fourth-order valence-electron chi connectivity index (χ4n) is 4.66. The normalized spacial score (nSPS) is 29.3. The second-order valence-electron chi connectivity index (χ2n) is 7.98. The van der Waals surface area contributed by atoms with Crippen LogP contribution in [-0.4, -0.2) is 42.1 Å². The van der Waals surface area contributed by atoms with Gasteiger partial charge in [-0.3, -0.25) is 4.79 Å². The number of ether oxygens (including phenoxy) is 1. The second-order valence-corrected chi connectivity index (χ2v) is 7.98. The number of hydrogen-bond donors (Lipinski definition) is 1. The number of cyclic esters (lactones) is 1.